The largest absolute Gasteiger partial charge is 0.437 e. The number of para-hydroxylation sites is 1. The number of anilines is 2. The molecule has 1 amide bonds. The smallest absolute Gasteiger partial charge is 0.271 e. The van der Waals surface area contributed by atoms with Crippen molar-refractivity contribution in [3.63, 3.8) is 0 Å². The molecule has 1 atom stereocenters. The lowest BCUT2D eigenvalue weighted by Crippen LogP contribution is -2.26. The number of benzene rings is 2. The third kappa shape index (κ3) is 5.40. The highest BCUT2D eigenvalue weighted by Crippen LogP contribution is 2.36. The van der Waals surface area contributed by atoms with E-state index in [1.807, 2.05) is 67.6 Å². The van der Waals surface area contributed by atoms with E-state index in [1.165, 1.54) is 0 Å². The lowest BCUT2D eigenvalue weighted by atomic mass is 9.86. The van der Waals surface area contributed by atoms with Crippen LogP contribution < -0.4 is 10.1 Å². The molecule has 7 heteroatoms. The van der Waals surface area contributed by atoms with Gasteiger partial charge in [-0.15, -0.1) is 0 Å². The fourth-order valence-corrected chi connectivity index (χ4v) is 4.00. The molecule has 0 aliphatic heterocycles. The number of pyridine rings is 1. The number of hydrogen-bond acceptors (Lipinski definition) is 5. The quantitative estimate of drug-likeness (QED) is 0.328. The Hall–Kier alpha value is -4.13. The molecule has 2 heterocycles. The summed E-state index contributed by atoms with van der Waals surface area (Å²) in [6.45, 7) is 8.48. The highest BCUT2D eigenvalue weighted by Gasteiger charge is 2.23. The Balaban J connectivity index is 1.69. The molecule has 7 nitrogen and oxygen atoms in total. The highest BCUT2D eigenvalue weighted by atomic mass is 16.5. The maximum atomic E-state index is 13.0. The summed E-state index contributed by atoms with van der Waals surface area (Å²) in [6.07, 6.45) is 1.69. The zero-order chi connectivity index (χ0) is 25.9. The summed E-state index contributed by atoms with van der Waals surface area (Å²) in [7, 11) is 3.47. The van der Waals surface area contributed by atoms with Gasteiger partial charge in [-0.1, -0.05) is 69.3 Å². The van der Waals surface area contributed by atoms with Crippen LogP contribution in [-0.2, 0) is 5.41 Å². The standard InChI is InChI=1S/C29H33N5O2/c1-20(21-13-8-7-9-14-21)34-24(28(35)33(5)6)19-26(32-34)31-23-16-12-18-30-27(23)36-25-17-11-10-15-22(25)29(2,3)4/h7-20H,1-6H3,(H,31,32). The van der Waals surface area contributed by atoms with Crippen LogP contribution in [-0.4, -0.2) is 39.7 Å². The van der Waals surface area contributed by atoms with Crippen molar-refractivity contribution in [2.75, 3.05) is 19.4 Å². The number of nitrogens with zero attached hydrogens (tertiary/aromatic N) is 4. The van der Waals surface area contributed by atoms with E-state index in [-0.39, 0.29) is 17.4 Å². The van der Waals surface area contributed by atoms with Crippen molar-refractivity contribution in [3.05, 3.63) is 95.8 Å². The van der Waals surface area contributed by atoms with Crippen molar-refractivity contribution >= 4 is 17.4 Å². The third-order valence-electron chi connectivity index (χ3n) is 5.95. The molecule has 0 bridgehead atoms. The molecule has 36 heavy (non-hydrogen) atoms. The number of carbonyl (C=O) groups is 1. The van der Waals surface area contributed by atoms with Gasteiger partial charge in [0.15, 0.2) is 5.82 Å². The van der Waals surface area contributed by atoms with Gasteiger partial charge in [0, 0.05) is 31.9 Å². The number of amides is 1. The first-order valence-corrected chi connectivity index (χ1v) is 12.0. The van der Waals surface area contributed by atoms with Crippen molar-refractivity contribution in [1.29, 1.82) is 0 Å². The Morgan fingerprint density at radius 3 is 2.39 bits per heavy atom. The molecule has 0 aliphatic carbocycles. The monoisotopic (exact) mass is 483 g/mol. The lowest BCUT2D eigenvalue weighted by molar-refractivity contribution is 0.0814. The Morgan fingerprint density at radius 1 is 1.00 bits per heavy atom. The molecule has 2 aromatic heterocycles. The average molecular weight is 484 g/mol. The molecule has 0 saturated heterocycles. The normalized spacial score (nSPS) is 12.2. The summed E-state index contributed by atoms with van der Waals surface area (Å²) >= 11 is 0. The first kappa shape index (κ1) is 25.0. The topological polar surface area (TPSA) is 72.3 Å². The molecule has 4 aromatic rings. The minimum Gasteiger partial charge on any atom is -0.437 e. The van der Waals surface area contributed by atoms with Crippen molar-refractivity contribution in [2.45, 2.75) is 39.2 Å². The van der Waals surface area contributed by atoms with Gasteiger partial charge >= 0.3 is 0 Å². The SMILES string of the molecule is CC(c1ccccc1)n1nc(Nc2cccnc2Oc2ccccc2C(C)(C)C)cc1C(=O)N(C)C. The van der Waals surface area contributed by atoms with Gasteiger partial charge in [0.1, 0.15) is 17.1 Å². The summed E-state index contributed by atoms with van der Waals surface area (Å²) in [6, 6.07) is 23.3. The van der Waals surface area contributed by atoms with Gasteiger partial charge in [0.25, 0.3) is 5.91 Å². The molecule has 0 spiro atoms. The van der Waals surface area contributed by atoms with Crippen LogP contribution in [0.15, 0.2) is 79.0 Å². The van der Waals surface area contributed by atoms with Crippen molar-refractivity contribution < 1.29 is 9.53 Å². The maximum Gasteiger partial charge on any atom is 0.271 e. The summed E-state index contributed by atoms with van der Waals surface area (Å²) in [5.41, 5.74) is 3.20. The molecule has 0 saturated carbocycles. The van der Waals surface area contributed by atoms with Gasteiger partial charge in [-0.3, -0.25) is 9.48 Å². The highest BCUT2D eigenvalue weighted by molar-refractivity contribution is 5.93. The fraction of sp³-hybridized carbons (Fsp3) is 0.276. The number of carbonyl (C=O) groups excluding carboxylic acids is 1. The van der Waals surface area contributed by atoms with Gasteiger partial charge in [-0.05, 0) is 36.1 Å². The molecule has 1 unspecified atom stereocenters. The zero-order valence-corrected chi connectivity index (χ0v) is 21.7. The van der Waals surface area contributed by atoms with Crippen LogP contribution >= 0.6 is 0 Å². The molecule has 0 fully saturated rings. The summed E-state index contributed by atoms with van der Waals surface area (Å²) in [4.78, 5) is 19.0. The van der Waals surface area contributed by atoms with E-state index in [9.17, 15) is 4.79 Å². The second kappa shape index (κ2) is 10.2. The third-order valence-corrected chi connectivity index (χ3v) is 5.95. The lowest BCUT2D eigenvalue weighted by Gasteiger charge is -2.22. The first-order valence-electron chi connectivity index (χ1n) is 12.0. The van der Waals surface area contributed by atoms with Crippen molar-refractivity contribution in [2.24, 2.45) is 0 Å². The summed E-state index contributed by atoms with van der Waals surface area (Å²) in [5, 5.41) is 8.09. The van der Waals surface area contributed by atoms with E-state index in [2.05, 4.69) is 37.1 Å². The predicted molar refractivity (Wildman–Crippen MR) is 143 cm³/mol. The van der Waals surface area contributed by atoms with Gasteiger partial charge in [0.05, 0.1) is 6.04 Å². The summed E-state index contributed by atoms with van der Waals surface area (Å²) < 4.78 is 8.05. The van der Waals surface area contributed by atoms with Gasteiger partial charge in [-0.2, -0.15) is 5.10 Å². The van der Waals surface area contributed by atoms with E-state index in [1.54, 1.807) is 35.9 Å². The van der Waals surface area contributed by atoms with Crippen LogP contribution in [0, 0.1) is 0 Å². The maximum absolute atomic E-state index is 13.0. The number of aromatic nitrogens is 3. The second-order valence-electron chi connectivity index (χ2n) is 9.97. The Labute approximate surface area is 212 Å². The second-order valence-corrected chi connectivity index (χ2v) is 9.97. The fourth-order valence-electron chi connectivity index (χ4n) is 4.00. The van der Waals surface area contributed by atoms with Gasteiger partial charge in [0.2, 0.25) is 5.88 Å². The van der Waals surface area contributed by atoms with Crippen LogP contribution in [0.25, 0.3) is 0 Å². The molecule has 0 aliphatic rings. The molecule has 2 aromatic carbocycles. The van der Waals surface area contributed by atoms with E-state index in [4.69, 9.17) is 9.84 Å². The minimum absolute atomic E-state index is 0.0905. The average Bonchev–Trinajstić information content (AvgIpc) is 3.28. The minimum atomic E-state index is -0.135. The summed E-state index contributed by atoms with van der Waals surface area (Å²) in [5.74, 6) is 1.59. The zero-order valence-electron chi connectivity index (χ0n) is 21.7. The molecule has 0 radical (unpaired) electrons. The van der Waals surface area contributed by atoms with Crippen LogP contribution in [0.5, 0.6) is 11.6 Å². The van der Waals surface area contributed by atoms with Crippen LogP contribution in [0.1, 0.15) is 55.4 Å². The van der Waals surface area contributed by atoms with Gasteiger partial charge < -0.3 is 15.0 Å². The van der Waals surface area contributed by atoms with Crippen LogP contribution in [0.3, 0.4) is 0 Å². The Kier molecular flexibility index (Phi) is 7.10. The molecular formula is C29H33N5O2. The predicted octanol–water partition coefficient (Wildman–Crippen LogP) is 6.42. The molecule has 4 rings (SSSR count). The van der Waals surface area contributed by atoms with Crippen molar-refractivity contribution in [3.8, 4) is 11.6 Å². The van der Waals surface area contributed by atoms with Gasteiger partial charge in [-0.25, -0.2) is 4.98 Å². The van der Waals surface area contributed by atoms with E-state index in [0.717, 1.165) is 16.9 Å². The van der Waals surface area contributed by atoms with Crippen LogP contribution in [0.2, 0.25) is 0 Å². The number of rotatable bonds is 7. The van der Waals surface area contributed by atoms with Crippen molar-refractivity contribution in [1.82, 2.24) is 19.7 Å². The van der Waals surface area contributed by atoms with E-state index < -0.39 is 0 Å². The Morgan fingerprint density at radius 2 is 1.69 bits per heavy atom. The Bertz CT molecular complexity index is 1340. The van der Waals surface area contributed by atoms with Crippen LogP contribution in [0.4, 0.5) is 11.5 Å². The number of hydrogen-bond donors (Lipinski definition) is 1. The van der Waals surface area contributed by atoms with E-state index in [0.29, 0.717) is 23.1 Å². The number of ether oxygens (including phenoxy) is 1. The first-order chi connectivity index (χ1) is 17.1. The van der Waals surface area contributed by atoms with E-state index >= 15 is 0 Å². The molecular weight excluding hydrogens is 450 g/mol. The number of nitrogens with one attached hydrogen (secondary N) is 1. The molecule has 186 valence electrons. The molecule has 1 N–H and O–H groups in total.